The zero-order chi connectivity index (χ0) is 23.6. The van der Waals surface area contributed by atoms with Crippen molar-refractivity contribution in [3.05, 3.63) is 71.1 Å². The van der Waals surface area contributed by atoms with Crippen molar-refractivity contribution in [2.45, 2.75) is 32.2 Å². The number of anilines is 1. The molecule has 6 nitrogen and oxygen atoms in total. The summed E-state index contributed by atoms with van der Waals surface area (Å²) < 4.78 is 23.8. The van der Waals surface area contributed by atoms with Gasteiger partial charge < -0.3 is 5.32 Å². The second-order valence-corrected chi connectivity index (χ2v) is 12.5. The number of carbonyl (C=O) groups excluding carboxylic acids is 1. The minimum absolute atomic E-state index is 0.0651. The van der Waals surface area contributed by atoms with Gasteiger partial charge in [-0.05, 0) is 16.5 Å². The Morgan fingerprint density at radius 2 is 1.67 bits per heavy atom. The highest BCUT2D eigenvalue weighted by atomic mass is 32.2. The summed E-state index contributed by atoms with van der Waals surface area (Å²) in [5, 5.41) is 5.43. The summed E-state index contributed by atoms with van der Waals surface area (Å²) in [6.45, 7) is 7.20. The molecule has 1 atom stereocenters. The lowest BCUT2D eigenvalue weighted by molar-refractivity contribution is -0.121. The molecule has 1 saturated heterocycles. The van der Waals surface area contributed by atoms with E-state index >= 15 is 0 Å². The van der Waals surface area contributed by atoms with Crippen molar-refractivity contribution in [3.63, 3.8) is 0 Å². The summed E-state index contributed by atoms with van der Waals surface area (Å²) in [6.07, 6.45) is 0. The molecule has 1 fully saturated rings. The van der Waals surface area contributed by atoms with Crippen molar-refractivity contribution < 1.29 is 13.2 Å². The quantitative estimate of drug-likeness (QED) is 0.577. The third kappa shape index (κ3) is 5.69. The molecule has 1 aliphatic heterocycles. The number of nitrogens with one attached hydrogen (secondary N) is 1. The lowest BCUT2D eigenvalue weighted by Crippen LogP contribution is -2.46. The van der Waals surface area contributed by atoms with Gasteiger partial charge in [0.2, 0.25) is 5.91 Å². The normalized spacial score (nSPS) is 17.4. The summed E-state index contributed by atoms with van der Waals surface area (Å²) in [7, 11) is -3.04. The third-order valence-corrected chi connectivity index (χ3v) is 8.26. The van der Waals surface area contributed by atoms with E-state index in [9.17, 15) is 13.2 Å². The van der Waals surface area contributed by atoms with E-state index in [1.54, 1.807) is 0 Å². The van der Waals surface area contributed by atoms with E-state index in [4.69, 9.17) is 0 Å². The summed E-state index contributed by atoms with van der Waals surface area (Å²) in [6, 6.07) is 17.3. The van der Waals surface area contributed by atoms with Crippen LogP contribution in [-0.4, -0.2) is 48.8 Å². The monoisotopic (exact) mass is 483 g/mol. The molecule has 1 amide bonds. The third-order valence-electron chi connectivity index (χ3n) is 5.89. The van der Waals surface area contributed by atoms with Crippen molar-refractivity contribution in [1.82, 2.24) is 9.88 Å². The van der Waals surface area contributed by atoms with Crippen LogP contribution < -0.4 is 5.32 Å². The Morgan fingerprint density at radius 1 is 1.03 bits per heavy atom. The minimum Gasteiger partial charge on any atom is -0.300 e. The van der Waals surface area contributed by atoms with Crippen LogP contribution >= 0.6 is 11.3 Å². The van der Waals surface area contributed by atoms with E-state index in [-0.39, 0.29) is 22.8 Å². The van der Waals surface area contributed by atoms with Crippen LogP contribution in [0.2, 0.25) is 0 Å². The van der Waals surface area contributed by atoms with Crippen molar-refractivity contribution in [1.29, 1.82) is 0 Å². The fourth-order valence-corrected chi connectivity index (χ4v) is 5.88. The molecule has 8 heteroatoms. The number of carbonyl (C=O) groups is 1. The van der Waals surface area contributed by atoms with Gasteiger partial charge in [-0.1, -0.05) is 75.4 Å². The average Bonchev–Trinajstić information content (AvgIpc) is 3.24. The Morgan fingerprint density at radius 3 is 2.27 bits per heavy atom. The molecule has 0 spiro atoms. The molecule has 0 radical (unpaired) electrons. The summed E-state index contributed by atoms with van der Waals surface area (Å²) in [5.74, 6) is -0.0741. The number of hydrogen-bond donors (Lipinski definition) is 1. The molecule has 2 heterocycles. The van der Waals surface area contributed by atoms with Crippen LogP contribution in [0, 0.1) is 0 Å². The van der Waals surface area contributed by atoms with E-state index < -0.39 is 15.9 Å². The second kappa shape index (κ2) is 9.37. The molecule has 0 aliphatic carbocycles. The van der Waals surface area contributed by atoms with Crippen molar-refractivity contribution in [3.8, 4) is 11.3 Å². The predicted molar refractivity (Wildman–Crippen MR) is 134 cm³/mol. The topological polar surface area (TPSA) is 79.4 Å². The van der Waals surface area contributed by atoms with Gasteiger partial charge in [0.25, 0.3) is 0 Å². The van der Waals surface area contributed by atoms with E-state index in [0.29, 0.717) is 18.2 Å². The van der Waals surface area contributed by atoms with Crippen LogP contribution in [-0.2, 0) is 20.0 Å². The van der Waals surface area contributed by atoms with E-state index in [0.717, 1.165) is 16.8 Å². The molecule has 4 rings (SSSR count). The molecule has 1 aliphatic rings. The summed E-state index contributed by atoms with van der Waals surface area (Å²) in [5.41, 5.74) is 3.99. The van der Waals surface area contributed by atoms with Crippen LogP contribution in [0.1, 0.15) is 37.9 Å². The highest BCUT2D eigenvalue weighted by Crippen LogP contribution is 2.30. The van der Waals surface area contributed by atoms with Gasteiger partial charge in [0.05, 0.1) is 17.2 Å². The molecule has 33 heavy (non-hydrogen) atoms. The van der Waals surface area contributed by atoms with Crippen LogP contribution in [0.25, 0.3) is 11.3 Å². The van der Waals surface area contributed by atoms with Crippen LogP contribution in [0.3, 0.4) is 0 Å². The largest absolute Gasteiger partial charge is 0.300 e. The van der Waals surface area contributed by atoms with E-state index in [1.807, 2.05) is 40.6 Å². The molecule has 3 aromatic rings. The Labute approximate surface area is 199 Å². The van der Waals surface area contributed by atoms with Gasteiger partial charge in [0, 0.05) is 24.0 Å². The molecule has 174 valence electrons. The first kappa shape index (κ1) is 23.6. The lowest BCUT2D eigenvalue weighted by atomic mass is 9.86. The number of hydrogen-bond acceptors (Lipinski definition) is 6. The Bertz CT molecular complexity index is 1200. The number of benzene rings is 2. The first-order valence-corrected chi connectivity index (χ1v) is 13.7. The average molecular weight is 484 g/mol. The molecular weight excluding hydrogens is 454 g/mol. The van der Waals surface area contributed by atoms with Crippen LogP contribution in [0.5, 0.6) is 0 Å². The maximum atomic E-state index is 13.3. The molecule has 2 aromatic carbocycles. The van der Waals surface area contributed by atoms with E-state index in [1.165, 1.54) is 16.9 Å². The zero-order valence-electron chi connectivity index (χ0n) is 19.1. The van der Waals surface area contributed by atoms with Crippen molar-refractivity contribution in [2.75, 3.05) is 29.9 Å². The van der Waals surface area contributed by atoms with Gasteiger partial charge in [-0.3, -0.25) is 9.69 Å². The van der Waals surface area contributed by atoms with Crippen molar-refractivity contribution in [2.24, 2.45) is 0 Å². The van der Waals surface area contributed by atoms with Gasteiger partial charge in [0.1, 0.15) is 6.04 Å². The lowest BCUT2D eigenvalue weighted by Gasteiger charge is -2.33. The van der Waals surface area contributed by atoms with Gasteiger partial charge in [0.15, 0.2) is 15.0 Å². The maximum Gasteiger partial charge on any atom is 0.248 e. The predicted octanol–water partition coefficient (Wildman–Crippen LogP) is 4.52. The van der Waals surface area contributed by atoms with Gasteiger partial charge >= 0.3 is 0 Å². The highest BCUT2D eigenvalue weighted by molar-refractivity contribution is 7.91. The number of nitrogens with zero attached hydrogens (tertiary/aromatic N) is 2. The van der Waals surface area contributed by atoms with Crippen LogP contribution in [0.4, 0.5) is 5.13 Å². The summed E-state index contributed by atoms with van der Waals surface area (Å²) >= 11 is 1.38. The standard InChI is InChI=1S/C25H29N3O3S2/c1-25(2,3)20-11-9-18(10-12-20)21-17-32-24(26-21)27-23(29)22(19-7-5-4-6-8-19)28-13-15-33(30,31)16-14-28/h4-12,17,22H,13-16H2,1-3H3,(H,26,27,29). The molecule has 1 N–H and O–H groups in total. The van der Waals surface area contributed by atoms with Gasteiger partial charge in [-0.2, -0.15) is 0 Å². The van der Waals surface area contributed by atoms with Gasteiger partial charge in [-0.25, -0.2) is 13.4 Å². The molecule has 0 bridgehead atoms. The number of sulfone groups is 1. The smallest absolute Gasteiger partial charge is 0.248 e. The van der Waals surface area contributed by atoms with Crippen molar-refractivity contribution >= 4 is 32.2 Å². The van der Waals surface area contributed by atoms with E-state index in [2.05, 4.69) is 55.3 Å². The zero-order valence-corrected chi connectivity index (χ0v) is 20.7. The first-order chi connectivity index (χ1) is 15.6. The SMILES string of the molecule is CC(C)(C)c1ccc(-c2csc(NC(=O)C(c3ccccc3)N3CCS(=O)(=O)CC3)n2)cc1. The Balaban J connectivity index is 1.52. The number of thiazole rings is 1. The number of rotatable bonds is 5. The Kier molecular flexibility index (Phi) is 6.70. The van der Waals surface area contributed by atoms with Crippen LogP contribution in [0.15, 0.2) is 60.0 Å². The number of amides is 1. The Hall–Kier alpha value is -2.55. The molecule has 1 unspecified atom stereocenters. The van der Waals surface area contributed by atoms with Gasteiger partial charge in [-0.15, -0.1) is 11.3 Å². The fourth-order valence-electron chi connectivity index (χ4n) is 3.93. The first-order valence-electron chi connectivity index (χ1n) is 11.0. The molecule has 0 saturated carbocycles. The number of aromatic nitrogens is 1. The highest BCUT2D eigenvalue weighted by Gasteiger charge is 2.33. The molecule has 1 aromatic heterocycles. The maximum absolute atomic E-state index is 13.3. The summed E-state index contributed by atoms with van der Waals surface area (Å²) in [4.78, 5) is 19.9. The molecular formula is C25H29N3O3S2. The fraction of sp³-hybridized carbons (Fsp3) is 0.360. The minimum atomic E-state index is -3.04. The second-order valence-electron chi connectivity index (χ2n) is 9.36.